The first-order valence-corrected chi connectivity index (χ1v) is 17.8. The molecule has 0 radical (unpaired) electrons. The Bertz CT molecular complexity index is 1810. The predicted octanol–water partition coefficient (Wildman–Crippen LogP) is -17.4. The molecule has 1 amide bonds. The van der Waals surface area contributed by atoms with Crippen molar-refractivity contribution in [2.45, 2.75) is 55.5 Å². The molecule has 266 valence electrons. The van der Waals surface area contributed by atoms with Gasteiger partial charge < -0.3 is 78.1 Å². The van der Waals surface area contributed by atoms with E-state index < -0.39 is 97.2 Å². The second kappa shape index (κ2) is 20.8. The van der Waals surface area contributed by atoms with Crippen molar-refractivity contribution < 1.29 is 199 Å². The Morgan fingerprint density at radius 3 is 2.10 bits per heavy atom. The van der Waals surface area contributed by atoms with E-state index in [9.17, 15) is 58.2 Å². The molecule has 6 N–H and O–H groups in total. The number of carbonyl (C=O) groups is 1. The van der Waals surface area contributed by atoms with Gasteiger partial charge in [-0.1, -0.05) is 6.08 Å². The number of carbonyl (C=O) groups excluding carboxylic acids is 1. The van der Waals surface area contributed by atoms with E-state index in [1.165, 1.54) is 23.4 Å². The Kier molecular flexibility index (Phi) is 20.5. The van der Waals surface area contributed by atoms with Gasteiger partial charge in [-0.15, -0.1) is 0 Å². The molecule has 0 saturated carbocycles. The van der Waals surface area contributed by atoms with Crippen molar-refractivity contribution >= 4 is 40.5 Å². The third-order valence-electron chi connectivity index (χ3n) is 7.06. The van der Waals surface area contributed by atoms with Crippen LogP contribution in [0.3, 0.4) is 0 Å². The van der Waals surface area contributed by atoms with Crippen molar-refractivity contribution in [1.29, 1.82) is 0 Å². The molecule has 52 heavy (non-hydrogen) atoms. The van der Waals surface area contributed by atoms with Gasteiger partial charge in [-0.3, -0.25) is 23.3 Å². The van der Waals surface area contributed by atoms with E-state index in [0.29, 0.717) is 0 Å². The van der Waals surface area contributed by atoms with Crippen LogP contribution in [0.25, 0.3) is 11.2 Å². The largest absolute Gasteiger partial charge is 1.00 e. The van der Waals surface area contributed by atoms with E-state index in [-0.39, 0.29) is 141 Å². The zero-order valence-electron chi connectivity index (χ0n) is 27.8. The minimum absolute atomic E-state index is 0. The number of phosphoric ester groups is 3. The average Bonchev–Trinajstić information content (AvgIpc) is 3.64. The van der Waals surface area contributed by atoms with Crippen LogP contribution in [0.1, 0.15) is 12.6 Å². The standard InChI is InChI=1S/C21H29N6O18P3.4Na/c22-17(31)9-2-1-3-26(4-9)20-15(30)13(28)10(42-20)5-40-47(36,37)45-48(38,39)41-6-11-14(29)16(44-46(33,34)35)21(43-11)27-8-25-12-18(27)23-7-24-19(12)32;;;;/h1,3-4,7-8,10-11,13-16,20-21,28-30H,2,5-6H2,(H2,22,31)(H,36,37)(H,38,39)(H,23,24,32)(H2,33,34,35);;;;/q;4*+1/p-4/t10-,11-,13-,14-,15-,16-,20-,21-;;;;/m1..../s1. The number of phosphoric acid groups is 3. The first-order chi connectivity index (χ1) is 22.4. The number of imidazole rings is 1. The number of aromatic nitrogens is 4. The zero-order valence-corrected chi connectivity index (χ0v) is 38.5. The number of H-pyrrole nitrogens is 1. The van der Waals surface area contributed by atoms with Crippen LogP contribution in [0.4, 0.5) is 0 Å². The third-order valence-corrected chi connectivity index (χ3v) is 10.1. The van der Waals surface area contributed by atoms with E-state index >= 15 is 0 Å². The maximum absolute atomic E-state index is 12.4. The number of rotatable bonds is 13. The number of nitrogens with zero attached hydrogens (tertiary/aromatic N) is 4. The fourth-order valence-corrected chi connectivity index (χ4v) is 7.45. The Morgan fingerprint density at radius 1 is 0.942 bits per heavy atom. The number of aromatic amines is 1. The van der Waals surface area contributed by atoms with Crippen LogP contribution in [-0.2, 0) is 45.8 Å². The van der Waals surface area contributed by atoms with Gasteiger partial charge in [0, 0.05) is 18.0 Å². The van der Waals surface area contributed by atoms with Crippen molar-refractivity contribution in [3.63, 3.8) is 0 Å². The Balaban J connectivity index is 0.00000338. The molecule has 2 saturated heterocycles. The molecule has 0 spiro atoms. The van der Waals surface area contributed by atoms with Crippen molar-refractivity contribution in [2.75, 3.05) is 13.2 Å². The number of nitrogens with one attached hydrogen (secondary N) is 1. The maximum atomic E-state index is 12.4. The molecule has 5 heterocycles. The quantitative estimate of drug-likeness (QED) is 0.0924. The smallest absolute Gasteiger partial charge is 0.790 e. The van der Waals surface area contributed by atoms with E-state index in [4.69, 9.17) is 15.2 Å². The van der Waals surface area contributed by atoms with E-state index in [0.717, 1.165) is 17.2 Å². The summed E-state index contributed by atoms with van der Waals surface area (Å²) in [4.78, 5) is 82.0. The number of aliphatic hydroxyl groups is 3. The topological polar surface area (TPSA) is 369 Å². The molecule has 5 rings (SSSR count). The van der Waals surface area contributed by atoms with Gasteiger partial charge in [-0.2, -0.15) is 0 Å². The molecular weight excluding hydrogens is 809 g/mol. The summed E-state index contributed by atoms with van der Waals surface area (Å²) in [5.74, 6) is -0.759. The monoisotopic (exact) mass is 834 g/mol. The molecular formula is C21H25N6Na4O18P3. The molecule has 3 aliphatic heterocycles. The van der Waals surface area contributed by atoms with E-state index in [1.807, 2.05) is 0 Å². The van der Waals surface area contributed by atoms with Gasteiger partial charge in [0.1, 0.15) is 36.6 Å². The number of amides is 1. The zero-order chi connectivity index (χ0) is 35.2. The second-order valence-electron chi connectivity index (χ2n) is 10.3. The molecule has 0 aliphatic carbocycles. The molecule has 0 aromatic carbocycles. The Morgan fingerprint density at radius 2 is 1.52 bits per heavy atom. The number of hydrogen-bond acceptors (Lipinski definition) is 21. The Hall–Kier alpha value is 1.27. The molecule has 2 unspecified atom stereocenters. The van der Waals surface area contributed by atoms with Gasteiger partial charge in [0.05, 0.1) is 33.7 Å². The third kappa shape index (κ3) is 12.6. The van der Waals surface area contributed by atoms with Crippen molar-refractivity contribution in [1.82, 2.24) is 24.4 Å². The van der Waals surface area contributed by atoms with Gasteiger partial charge in [0.2, 0.25) is 5.91 Å². The summed E-state index contributed by atoms with van der Waals surface area (Å²) in [6, 6.07) is 0. The SMILES string of the molecule is NC(=O)C1=CN([C@@H]2O[C@H](COP(=O)([O-])OP(=O)([O-])OC[C@H]3O[C@@H](n4cnc5c(=O)[nH]cnc54)[C@H](OP(=O)([O-])[O-])[C@@H]3O)[C@@H](O)[C@H]2O)C=CC1.[Na+].[Na+].[Na+].[Na+]. The summed E-state index contributed by atoms with van der Waals surface area (Å²) in [6.07, 6.45) is -7.80. The van der Waals surface area contributed by atoms with E-state index in [2.05, 4.69) is 32.8 Å². The summed E-state index contributed by atoms with van der Waals surface area (Å²) >= 11 is 0. The second-order valence-corrected chi connectivity index (χ2v) is 14.4. The van der Waals surface area contributed by atoms with Crippen LogP contribution in [-0.4, -0.2) is 102 Å². The van der Waals surface area contributed by atoms with Gasteiger partial charge >= 0.3 is 118 Å². The summed E-state index contributed by atoms with van der Waals surface area (Å²) < 4.78 is 65.3. The first kappa shape index (κ1) is 51.3. The van der Waals surface area contributed by atoms with Gasteiger partial charge in [-0.05, 0) is 6.42 Å². The first-order valence-electron chi connectivity index (χ1n) is 13.4. The van der Waals surface area contributed by atoms with Crippen LogP contribution < -0.4 is 149 Å². The molecule has 3 aliphatic rings. The normalized spacial score (nSPS) is 29.4. The molecule has 10 atom stereocenters. The van der Waals surface area contributed by atoms with Crippen LogP contribution in [0, 0.1) is 0 Å². The van der Waals surface area contributed by atoms with Crippen molar-refractivity contribution in [3.05, 3.63) is 47.1 Å². The van der Waals surface area contributed by atoms with Gasteiger partial charge in [0.25, 0.3) is 21.2 Å². The Labute approximate surface area is 381 Å². The molecule has 2 fully saturated rings. The number of primary amides is 1. The van der Waals surface area contributed by atoms with Crippen molar-refractivity contribution in [3.8, 4) is 0 Å². The van der Waals surface area contributed by atoms with Crippen LogP contribution in [0.2, 0.25) is 0 Å². The van der Waals surface area contributed by atoms with Crippen LogP contribution in [0.5, 0.6) is 0 Å². The van der Waals surface area contributed by atoms with Gasteiger partial charge in [-0.25, -0.2) is 14.3 Å². The van der Waals surface area contributed by atoms with Crippen LogP contribution in [0.15, 0.2) is 41.5 Å². The molecule has 2 aromatic rings. The maximum Gasteiger partial charge on any atom is 1.00 e. The van der Waals surface area contributed by atoms with Crippen molar-refractivity contribution in [2.24, 2.45) is 5.73 Å². The molecule has 24 nitrogen and oxygen atoms in total. The fourth-order valence-electron chi connectivity index (χ4n) is 4.90. The number of ether oxygens (including phenoxy) is 2. The summed E-state index contributed by atoms with van der Waals surface area (Å²) in [7, 11) is -17.5. The minimum atomic E-state index is -5.88. The molecule has 0 bridgehead atoms. The molecule has 2 aromatic heterocycles. The summed E-state index contributed by atoms with van der Waals surface area (Å²) in [5, 5.41) is 31.3. The minimum Gasteiger partial charge on any atom is -0.790 e. The average molecular weight is 834 g/mol. The summed E-state index contributed by atoms with van der Waals surface area (Å²) in [5.41, 5.74) is 4.19. The fraction of sp³-hybridized carbons (Fsp3) is 0.524. The van der Waals surface area contributed by atoms with Gasteiger partial charge in [0.15, 0.2) is 23.6 Å². The number of aliphatic hydroxyl groups excluding tert-OH is 3. The molecule has 31 heteroatoms. The number of hydrogen-bond donors (Lipinski definition) is 5. The van der Waals surface area contributed by atoms with E-state index in [1.54, 1.807) is 0 Å². The number of fused-ring (bicyclic) bond motifs is 1. The summed E-state index contributed by atoms with van der Waals surface area (Å²) in [6.45, 7) is -2.30. The van der Waals surface area contributed by atoms with Crippen LogP contribution >= 0.6 is 23.5 Å². The number of allylic oxidation sites excluding steroid dienone is 1. The number of nitrogens with two attached hydrogens (primary N) is 1. The predicted molar refractivity (Wildman–Crippen MR) is 142 cm³/mol.